The summed E-state index contributed by atoms with van der Waals surface area (Å²) in [6.07, 6.45) is 1.59. The molecule has 1 aliphatic rings. The third-order valence-electron chi connectivity index (χ3n) is 2.70. The zero-order valence-electron chi connectivity index (χ0n) is 10.0. The van der Waals surface area contributed by atoms with Crippen molar-refractivity contribution in [3.8, 4) is 0 Å². The highest BCUT2D eigenvalue weighted by Crippen LogP contribution is 2.20. The van der Waals surface area contributed by atoms with Gasteiger partial charge in [-0.2, -0.15) is 0 Å². The second-order valence-electron chi connectivity index (χ2n) is 3.85. The van der Waals surface area contributed by atoms with Crippen molar-refractivity contribution in [2.45, 2.75) is 5.25 Å². The van der Waals surface area contributed by atoms with Crippen LogP contribution in [-0.4, -0.2) is 53.0 Å². The van der Waals surface area contributed by atoms with Gasteiger partial charge >= 0.3 is 5.97 Å². The number of thioether (sulfide) groups is 1. The number of pyridine rings is 1. The minimum absolute atomic E-state index is 0.134. The molecule has 0 N–H and O–H groups in total. The summed E-state index contributed by atoms with van der Waals surface area (Å²) in [4.78, 5) is 29.3. The number of carbonyl (C=O) groups excluding carboxylic acids is 2. The third kappa shape index (κ3) is 2.81. The van der Waals surface area contributed by atoms with Crippen LogP contribution in [0.4, 0.5) is 0 Å². The van der Waals surface area contributed by atoms with Crippen LogP contribution in [0.2, 0.25) is 0 Å². The molecular formula is C12H14N2O3S. The summed E-state index contributed by atoms with van der Waals surface area (Å²) in [7, 11) is 1.36. The van der Waals surface area contributed by atoms with Crippen molar-refractivity contribution in [2.75, 3.05) is 26.0 Å². The highest BCUT2D eigenvalue weighted by atomic mass is 32.2. The summed E-state index contributed by atoms with van der Waals surface area (Å²) in [5, 5.41) is -0.295. The van der Waals surface area contributed by atoms with Crippen molar-refractivity contribution in [3.63, 3.8) is 0 Å². The van der Waals surface area contributed by atoms with Crippen LogP contribution in [0.3, 0.4) is 0 Å². The van der Waals surface area contributed by atoms with E-state index in [2.05, 4.69) is 4.98 Å². The number of aromatic nitrogens is 1. The van der Waals surface area contributed by atoms with E-state index in [9.17, 15) is 9.59 Å². The molecule has 5 nitrogen and oxygen atoms in total. The smallest absolute Gasteiger partial charge is 0.320 e. The van der Waals surface area contributed by atoms with Crippen molar-refractivity contribution < 1.29 is 14.3 Å². The van der Waals surface area contributed by atoms with E-state index in [0.29, 0.717) is 18.8 Å². The van der Waals surface area contributed by atoms with E-state index in [1.54, 1.807) is 29.3 Å². The van der Waals surface area contributed by atoms with Crippen LogP contribution >= 0.6 is 11.8 Å². The molecule has 1 aromatic rings. The SMILES string of the molecule is COC(=O)[C@@H]1CN(C(=O)c2ccccn2)CCS1. The Labute approximate surface area is 110 Å². The Morgan fingerprint density at radius 2 is 2.33 bits per heavy atom. The van der Waals surface area contributed by atoms with Gasteiger partial charge in [0, 0.05) is 25.0 Å². The molecule has 6 heteroatoms. The zero-order chi connectivity index (χ0) is 13.0. The van der Waals surface area contributed by atoms with Crippen LogP contribution in [0.1, 0.15) is 10.5 Å². The van der Waals surface area contributed by atoms with E-state index < -0.39 is 0 Å². The van der Waals surface area contributed by atoms with Gasteiger partial charge in [-0.1, -0.05) is 6.07 Å². The van der Waals surface area contributed by atoms with Crippen LogP contribution in [-0.2, 0) is 9.53 Å². The lowest BCUT2D eigenvalue weighted by atomic mass is 10.3. The maximum absolute atomic E-state index is 12.2. The Morgan fingerprint density at radius 3 is 3.00 bits per heavy atom. The van der Waals surface area contributed by atoms with E-state index in [1.807, 2.05) is 0 Å². The van der Waals surface area contributed by atoms with Crippen LogP contribution in [0.15, 0.2) is 24.4 Å². The van der Waals surface area contributed by atoms with Gasteiger partial charge in [-0.3, -0.25) is 14.6 Å². The van der Waals surface area contributed by atoms with Crippen molar-refractivity contribution in [3.05, 3.63) is 30.1 Å². The quantitative estimate of drug-likeness (QED) is 0.741. The molecule has 0 bridgehead atoms. The first kappa shape index (κ1) is 12.9. The Morgan fingerprint density at radius 1 is 1.50 bits per heavy atom. The number of hydrogen-bond acceptors (Lipinski definition) is 5. The number of nitrogens with zero attached hydrogens (tertiary/aromatic N) is 2. The maximum Gasteiger partial charge on any atom is 0.320 e. The minimum atomic E-state index is -0.295. The van der Waals surface area contributed by atoms with Gasteiger partial charge in [0.05, 0.1) is 7.11 Å². The number of amides is 1. The van der Waals surface area contributed by atoms with Crippen molar-refractivity contribution in [2.24, 2.45) is 0 Å². The topological polar surface area (TPSA) is 59.5 Å². The molecule has 0 aromatic carbocycles. The first-order valence-electron chi connectivity index (χ1n) is 5.62. The van der Waals surface area contributed by atoms with Crippen LogP contribution in [0, 0.1) is 0 Å². The first-order valence-corrected chi connectivity index (χ1v) is 6.67. The number of methoxy groups -OCH3 is 1. The maximum atomic E-state index is 12.2. The number of hydrogen-bond donors (Lipinski definition) is 0. The lowest BCUT2D eigenvalue weighted by Crippen LogP contribution is -2.45. The first-order chi connectivity index (χ1) is 8.72. The molecule has 1 fully saturated rings. The van der Waals surface area contributed by atoms with Gasteiger partial charge in [-0.15, -0.1) is 11.8 Å². The van der Waals surface area contributed by atoms with Crippen molar-refractivity contribution in [1.29, 1.82) is 0 Å². The Kier molecular flexibility index (Phi) is 4.19. The summed E-state index contributed by atoms with van der Waals surface area (Å²) >= 11 is 1.52. The molecule has 1 atom stereocenters. The van der Waals surface area contributed by atoms with E-state index in [-0.39, 0.29) is 17.1 Å². The predicted octanol–water partition coefficient (Wildman–Crippen LogP) is 0.812. The van der Waals surface area contributed by atoms with Crippen LogP contribution in [0.5, 0.6) is 0 Å². The fourth-order valence-electron chi connectivity index (χ4n) is 1.76. The summed E-state index contributed by atoms with van der Waals surface area (Å²) < 4.78 is 4.71. The van der Waals surface area contributed by atoms with Gasteiger partial charge < -0.3 is 9.64 Å². The summed E-state index contributed by atoms with van der Waals surface area (Å²) in [6.45, 7) is 1.01. The van der Waals surface area contributed by atoms with Crippen LogP contribution in [0.25, 0.3) is 0 Å². The van der Waals surface area contributed by atoms with Gasteiger partial charge in [0.2, 0.25) is 0 Å². The fraction of sp³-hybridized carbons (Fsp3) is 0.417. The van der Waals surface area contributed by atoms with Crippen LogP contribution < -0.4 is 0 Å². The molecule has 1 aliphatic heterocycles. The normalized spacial score (nSPS) is 19.4. The molecule has 1 aromatic heterocycles. The highest BCUT2D eigenvalue weighted by molar-refractivity contribution is 8.00. The molecule has 0 aliphatic carbocycles. The predicted molar refractivity (Wildman–Crippen MR) is 68.4 cm³/mol. The average molecular weight is 266 g/mol. The summed E-state index contributed by atoms with van der Waals surface area (Å²) in [5.41, 5.74) is 0.410. The largest absolute Gasteiger partial charge is 0.468 e. The van der Waals surface area contributed by atoms with Gasteiger partial charge in [0.1, 0.15) is 10.9 Å². The molecule has 1 amide bonds. The lowest BCUT2D eigenvalue weighted by Gasteiger charge is -2.30. The van der Waals surface area contributed by atoms with E-state index in [4.69, 9.17) is 4.74 Å². The molecule has 0 unspecified atom stereocenters. The zero-order valence-corrected chi connectivity index (χ0v) is 10.9. The van der Waals surface area contributed by atoms with E-state index in [1.165, 1.54) is 18.9 Å². The molecule has 2 rings (SSSR count). The number of rotatable bonds is 2. The van der Waals surface area contributed by atoms with Gasteiger partial charge in [0.15, 0.2) is 0 Å². The number of carbonyl (C=O) groups is 2. The summed E-state index contributed by atoms with van der Waals surface area (Å²) in [6, 6.07) is 5.22. The van der Waals surface area contributed by atoms with Gasteiger partial charge in [0.25, 0.3) is 5.91 Å². The van der Waals surface area contributed by atoms with Gasteiger partial charge in [-0.05, 0) is 12.1 Å². The lowest BCUT2D eigenvalue weighted by molar-refractivity contribution is -0.140. The summed E-state index contributed by atoms with van der Waals surface area (Å²) in [5.74, 6) is 0.321. The average Bonchev–Trinajstić information content (AvgIpc) is 2.46. The number of ether oxygens (including phenoxy) is 1. The Balaban J connectivity index is 2.05. The van der Waals surface area contributed by atoms with E-state index >= 15 is 0 Å². The molecule has 0 radical (unpaired) electrons. The molecule has 2 heterocycles. The van der Waals surface area contributed by atoms with Crippen molar-refractivity contribution >= 4 is 23.6 Å². The molecule has 1 saturated heterocycles. The van der Waals surface area contributed by atoms with E-state index in [0.717, 1.165) is 5.75 Å². The second kappa shape index (κ2) is 5.86. The molecule has 96 valence electrons. The molecule has 0 spiro atoms. The second-order valence-corrected chi connectivity index (χ2v) is 5.16. The van der Waals surface area contributed by atoms with Gasteiger partial charge in [-0.25, -0.2) is 0 Å². The standard InChI is InChI=1S/C12H14N2O3S/c1-17-12(16)10-8-14(6-7-18-10)11(15)9-4-2-3-5-13-9/h2-5,10H,6-8H2,1H3/t10-/m0/s1. The highest BCUT2D eigenvalue weighted by Gasteiger charge is 2.30. The molecule has 18 heavy (non-hydrogen) atoms. The minimum Gasteiger partial charge on any atom is -0.468 e. The third-order valence-corrected chi connectivity index (χ3v) is 3.86. The fourth-order valence-corrected chi connectivity index (χ4v) is 2.89. The monoisotopic (exact) mass is 266 g/mol. The molecular weight excluding hydrogens is 252 g/mol. The Hall–Kier alpha value is -1.56. The van der Waals surface area contributed by atoms with Crippen molar-refractivity contribution in [1.82, 2.24) is 9.88 Å². The Bertz CT molecular complexity index is 438. The number of esters is 1. The molecule has 0 saturated carbocycles.